The third-order valence-electron chi connectivity index (χ3n) is 1.92. The van der Waals surface area contributed by atoms with Gasteiger partial charge >= 0.3 is 0 Å². The van der Waals surface area contributed by atoms with E-state index >= 15 is 0 Å². The van der Waals surface area contributed by atoms with Crippen molar-refractivity contribution in [2.45, 2.75) is 0 Å². The van der Waals surface area contributed by atoms with Crippen molar-refractivity contribution in [2.75, 3.05) is 0 Å². The Morgan fingerprint density at radius 3 is 2.71 bits per heavy atom. The molecule has 0 radical (unpaired) electrons. The number of hydrogen-bond acceptors (Lipinski definition) is 1. The Morgan fingerprint density at radius 2 is 2.00 bits per heavy atom. The van der Waals surface area contributed by atoms with Crippen LogP contribution in [0.15, 0.2) is 42.7 Å². The Kier molecular flexibility index (Phi) is 2.77. The number of rotatable bonds is 1. The minimum Gasteiger partial charge on any atom is -0.264 e. The summed E-state index contributed by atoms with van der Waals surface area (Å²) in [6, 6.07) is 8.99. The van der Waals surface area contributed by atoms with Gasteiger partial charge in [0.2, 0.25) is 0 Å². The Balaban J connectivity index is 2.58. The molecule has 2 rings (SSSR count). The van der Waals surface area contributed by atoms with Gasteiger partial charge in [0.1, 0.15) is 5.82 Å². The van der Waals surface area contributed by atoms with Crippen LogP contribution in [0.5, 0.6) is 0 Å². The standard InChI is InChI=1S/C11H7FIN/c12-11-9(4-1-5-10(11)13)8-3-2-6-14-7-8/h1-7H. The van der Waals surface area contributed by atoms with Crippen LogP contribution in [0.4, 0.5) is 4.39 Å². The molecule has 0 saturated carbocycles. The van der Waals surface area contributed by atoms with Gasteiger partial charge in [0, 0.05) is 27.1 Å². The average Bonchev–Trinajstić information content (AvgIpc) is 2.23. The van der Waals surface area contributed by atoms with Crippen LogP contribution in [-0.2, 0) is 0 Å². The highest BCUT2D eigenvalue weighted by Crippen LogP contribution is 2.24. The first-order valence-electron chi connectivity index (χ1n) is 4.13. The number of benzene rings is 1. The molecule has 70 valence electrons. The van der Waals surface area contributed by atoms with E-state index < -0.39 is 0 Å². The lowest BCUT2D eigenvalue weighted by Gasteiger charge is -2.03. The van der Waals surface area contributed by atoms with E-state index in [-0.39, 0.29) is 5.82 Å². The molecule has 2 aromatic rings. The van der Waals surface area contributed by atoms with Gasteiger partial charge < -0.3 is 0 Å². The van der Waals surface area contributed by atoms with Crippen LogP contribution < -0.4 is 0 Å². The van der Waals surface area contributed by atoms with Crippen molar-refractivity contribution < 1.29 is 4.39 Å². The molecule has 0 aliphatic carbocycles. The van der Waals surface area contributed by atoms with E-state index in [0.29, 0.717) is 9.13 Å². The maximum atomic E-state index is 13.7. The summed E-state index contributed by atoms with van der Waals surface area (Å²) < 4.78 is 14.3. The molecule has 0 aliphatic rings. The molecule has 0 unspecified atom stereocenters. The first-order chi connectivity index (χ1) is 6.79. The first-order valence-corrected chi connectivity index (χ1v) is 5.21. The van der Waals surface area contributed by atoms with Gasteiger partial charge in [-0.1, -0.05) is 18.2 Å². The number of halogens is 2. The molecule has 1 aromatic carbocycles. The second-order valence-corrected chi connectivity index (χ2v) is 4.01. The minimum absolute atomic E-state index is 0.180. The Labute approximate surface area is 95.1 Å². The monoisotopic (exact) mass is 299 g/mol. The molecule has 14 heavy (non-hydrogen) atoms. The van der Waals surface area contributed by atoms with Gasteiger partial charge in [-0.2, -0.15) is 0 Å². The number of pyridine rings is 1. The second kappa shape index (κ2) is 4.04. The molecule has 0 bridgehead atoms. The zero-order valence-corrected chi connectivity index (χ0v) is 9.40. The fourth-order valence-corrected chi connectivity index (χ4v) is 1.75. The summed E-state index contributed by atoms with van der Waals surface area (Å²) >= 11 is 1.98. The van der Waals surface area contributed by atoms with Crippen LogP contribution in [0.2, 0.25) is 0 Å². The second-order valence-electron chi connectivity index (χ2n) is 2.84. The fourth-order valence-electron chi connectivity index (χ4n) is 1.25. The number of hydrogen-bond donors (Lipinski definition) is 0. The maximum Gasteiger partial charge on any atom is 0.144 e. The van der Waals surface area contributed by atoms with Gasteiger partial charge in [-0.3, -0.25) is 4.98 Å². The molecule has 0 amide bonds. The van der Waals surface area contributed by atoms with Crippen molar-refractivity contribution >= 4 is 22.6 Å². The summed E-state index contributed by atoms with van der Waals surface area (Å²) in [5.41, 5.74) is 1.41. The molecular formula is C11H7FIN. The normalized spacial score (nSPS) is 10.1. The van der Waals surface area contributed by atoms with Gasteiger partial charge in [-0.25, -0.2) is 4.39 Å². The molecule has 1 nitrogen and oxygen atoms in total. The van der Waals surface area contributed by atoms with E-state index in [1.165, 1.54) is 0 Å². The predicted molar refractivity (Wildman–Crippen MR) is 62.3 cm³/mol. The van der Waals surface area contributed by atoms with E-state index in [9.17, 15) is 4.39 Å². The molecule has 0 spiro atoms. The Hall–Kier alpha value is -0.970. The molecular weight excluding hydrogens is 292 g/mol. The van der Waals surface area contributed by atoms with Crippen LogP contribution in [0, 0.1) is 9.39 Å². The summed E-state index contributed by atoms with van der Waals surface area (Å²) in [6.45, 7) is 0. The predicted octanol–water partition coefficient (Wildman–Crippen LogP) is 3.49. The van der Waals surface area contributed by atoms with E-state index in [0.717, 1.165) is 5.56 Å². The minimum atomic E-state index is -0.180. The van der Waals surface area contributed by atoms with Crippen molar-refractivity contribution in [1.82, 2.24) is 4.98 Å². The molecule has 0 saturated heterocycles. The average molecular weight is 299 g/mol. The summed E-state index contributed by atoms with van der Waals surface area (Å²) in [5, 5.41) is 0. The lowest BCUT2D eigenvalue weighted by molar-refractivity contribution is 0.624. The van der Waals surface area contributed by atoms with Crippen molar-refractivity contribution in [2.24, 2.45) is 0 Å². The highest BCUT2D eigenvalue weighted by atomic mass is 127. The van der Waals surface area contributed by atoms with E-state index in [4.69, 9.17) is 0 Å². The van der Waals surface area contributed by atoms with Crippen molar-refractivity contribution in [3.8, 4) is 11.1 Å². The van der Waals surface area contributed by atoms with Crippen LogP contribution in [0.25, 0.3) is 11.1 Å². The van der Waals surface area contributed by atoms with Gasteiger partial charge in [0.05, 0.1) is 0 Å². The zero-order valence-electron chi connectivity index (χ0n) is 7.24. The van der Waals surface area contributed by atoms with E-state index in [2.05, 4.69) is 4.98 Å². The fraction of sp³-hybridized carbons (Fsp3) is 0. The van der Waals surface area contributed by atoms with Gasteiger partial charge in [-0.15, -0.1) is 0 Å². The van der Waals surface area contributed by atoms with Crippen molar-refractivity contribution in [3.05, 3.63) is 52.1 Å². The summed E-state index contributed by atoms with van der Waals surface area (Å²) in [7, 11) is 0. The molecule has 1 heterocycles. The van der Waals surface area contributed by atoms with Crippen LogP contribution in [-0.4, -0.2) is 4.98 Å². The first kappa shape index (κ1) is 9.58. The SMILES string of the molecule is Fc1c(I)cccc1-c1cccnc1. The summed E-state index contributed by atoms with van der Waals surface area (Å²) in [6.07, 6.45) is 3.34. The quantitative estimate of drug-likeness (QED) is 0.735. The smallest absolute Gasteiger partial charge is 0.144 e. The third kappa shape index (κ3) is 1.77. The molecule has 0 fully saturated rings. The van der Waals surface area contributed by atoms with Crippen molar-refractivity contribution in [3.63, 3.8) is 0 Å². The van der Waals surface area contributed by atoms with Gasteiger partial charge in [0.15, 0.2) is 0 Å². The van der Waals surface area contributed by atoms with Crippen LogP contribution in [0.1, 0.15) is 0 Å². The molecule has 3 heteroatoms. The summed E-state index contributed by atoms with van der Waals surface area (Å²) in [5.74, 6) is -0.180. The topological polar surface area (TPSA) is 12.9 Å². The highest BCUT2D eigenvalue weighted by molar-refractivity contribution is 14.1. The summed E-state index contributed by atoms with van der Waals surface area (Å²) in [4.78, 5) is 3.96. The number of nitrogens with zero attached hydrogens (tertiary/aromatic N) is 1. The van der Waals surface area contributed by atoms with E-state index in [1.807, 2.05) is 34.7 Å². The van der Waals surface area contributed by atoms with Gasteiger partial charge in [0.25, 0.3) is 0 Å². The number of aromatic nitrogens is 1. The maximum absolute atomic E-state index is 13.7. The lowest BCUT2D eigenvalue weighted by Crippen LogP contribution is -1.87. The Morgan fingerprint density at radius 1 is 1.14 bits per heavy atom. The van der Waals surface area contributed by atoms with E-state index in [1.54, 1.807) is 30.6 Å². The van der Waals surface area contributed by atoms with Crippen LogP contribution >= 0.6 is 22.6 Å². The Bertz CT molecular complexity index is 442. The lowest BCUT2D eigenvalue weighted by atomic mass is 10.1. The molecule has 0 atom stereocenters. The van der Waals surface area contributed by atoms with Crippen molar-refractivity contribution in [1.29, 1.82) is 0 Å². The molecule has 0 N–H and O–H groups in total. The molecule has 0 aliphatic heterocycles. The van der Waals surface area contributed by atoms with Crippen LogP contribution in [0.3, 0.4) is 0 Å². The highest BCUT2D eigenvalue weighted by Gasteiger charge is 2.06. The molecule has 1 aromatic heterocycles. The largest absolute Gasteiger partial charge is 0.264 e. The zero-order chi connectivity index (χ0) is 9.97. The third-order valence-corrected chi connectivity index (χ3v) is 2.76. The van der Waals surface area contributed by atoms with Gasteiger partial charge in [-0.05, 0) is 34.7 Å².